The second-order valence-electron chi connectivity index (χ2n) is 7.25. The highest BCUT2D eigenvalue weighted by Gasteiger charge is 2.31. The van der Waals surface area contributed by atoms with Gasteiger partial charge in [-0.2, -0.15) is 0 Å². The van der Waals surface area contributed by atoms with E-state index < -0.39 is 0 Å². The van der Waals surface area contributed by atoms with E-state index >= 15 is 0 Å². The molecule has 4 heteroatoms. The van der Waals surface area contributed by atoms with Crippen molar-refractivity contribution in [2.45, 2.75) is 32.7 Å². The highest BCUT2D eigenvalue weighted by Crippen LogP contribution is 2.42. The predicted octanol–water partition coefficient (Wildman–Crippen LogP) is 4.46. The zero-order chi connectivity index (χ0) is 20.5. The number of rotatable bonds is 5. The lowest BCUT2D eigenvalue weighted by Crippen LogP contribution is -2.45. The van der Waals surface area contributed by atoms with Crippen molar-refractivity contribution >= 4 is 12.3 Å². The fourth-order valence-corrected chi connectivity index (χ4v) is 4.36. The first-order valence-corrected chi connectivity index (χ1v) is 10.9. The van der Waals surface area contributed by atoms with Gasteiger partial charge in [-0.05, 0) is 47.4 Å². The average Bonchev–Trinajstić information content (AvgIpc) is 2.93. The summed E-state index contributed by atoms with van der Waals surface area (Å²) < 4.78 is 0. The molecule has 0 amide bonds. The van der Waals surface area contributed by atoms with Crippen molar-refractivity contribution in [3.63, 3.8) is 0 Å². The van der Waals surface area contributed by atoms with Crippen molar-refractivity contribution in [3.8, 4) is 0 Å². The quantitative estimate of drug-likeness (QED) is 0.729. The van der Waals surface area contributed by atoms with Crippen molar-refractivity contribution < 1.29 is 0 Å². The number of piperazine rings is 1. The largest absolute Gasteiger partial charge is 0.386 e. The molecule has 1 atom stereocenters. The third-order valence-corrected chi connectivity index (χ3v) is 5.60. The number of nitrogens with one attached hydrogen (secondary N) is 2. The highest BCUT2D eigenvalue weighted by atomic mass is 15.2. The van der Waals surface area contributed by atoms with E-state index in [2.05, 4.69) is 69.7 Å². The lowest BCUT2D eigenvalue weighted by Gasteiger charge is -2.37. The molecule has 1 aromatic carbocycles. The van der Waals surface area contributed by atoms with Crippen molar-refractivity contribution in [2.24, 2.45) is 4.99 Å². The smallest absolute Gasteiger partial charge is 0.0611 e. The van der Waals surface area contributed by atoms with Crippen molar-refractivity contribution in [1.29, 1.82) is 0 Å². The third kappa shape index (κ3) is 4.95. The van der Waals surface area contributed by atoms with Crippen LogP contribution in [0.1, 0.15) is 43.9 Å². The number of fused-ring (bicyclic) bond motifs is 1. The summed E-state index contributed by atoms with van der Waals surface area (Å²) >= 11 is 0. The number of allylic oxidation sites excluding steroid dienone is 3. The van der Waals surface area contributed by atoms with Gasteiger partial charge in [-0.15, -0.1) is 0 Å². The minimum Gasteiger partial charge on any atom is -0.386 e. The Bertz CT molecular complexity index is 810. The Morgan fingerprint density at radius 3 is 2.83 bits per heavy atom. The molecule has 0 bridgehead atoms. The second kappa shape index (κ2) is 10.9. The van der Waals surface area contributed by atoms with Gasteiger partial charge >= 0.3 is 0 Å². The summed E-state index contributed by atoms with van der Waals surface area (Å²) in [5.74, 6) is 0. The van der Waals surface area contributed by atoms with Gasteiger partial charge in [0.25, 0.3) is 0 Å². The van der Waals surface area contributed by atoms with Crippen molar-refractivity contribution in [1.82, 2.24) is 15.5 Å². The Hall–Kier alpha value is -2.43. The minimum atomic E-state index is 0.342. The van der Waals surface area contributed by atoms with Crippen molar-refractivity contribution in [3.05, 3.63) is 77.2 Å². The normalized spacial score (nSPS) is 21.4. The van der Waals surface area contributed by atoms with Gasteiger partial charge in [-0.3, -0.25) is 9.89 Å². The van der Waals surface area contributed by atoms with E-state index in [-0.39, 0.29) is 0 Å². The molecule has 0 spiro atoms. The molecule has 2 N–H and O–H groups in total. The van der Waals surface area contributed by atoms with Crippen LogP contribution in [0.25, 0.3) is 5.57 Å². The summed E-state index contributed by atoms with van der Waals surface area (Å²) in [5.41, 5.74) is 7.10. The molecule has 0 radical (unpaired) electrons. The first kappa shape index (κ1) is 21.3. The Kier molecular flexibility index (Phi) is 8.03. The van der Waals surface area contributed by atoms with Crippen LogP contribution in [0.15, 0.2) is 71.0 Å². The Balaban J connectivity index is 0.00000117. The van der Waals surface area contributed by atoms with E-state index in [1.54, 1.807) is 6.20 Å². The molecule has 1 saturated heterocycles. The highest BCUT2D eigenvalue weighted by molar-refractivity contribution is 5.75. The maximum Gasteiger partial charge on any atom is 0.0611 e. The average molecular weight is 391 g/mol. The molecule has 1 aliphatic heterocycles. The molecule has 3 aliphatic rings. The predicted molar refractivity (Wildman–Crippen MR) is 125 cm³/mol. The summed E-state index contributed by atoms with van der Waals surface area (Å²) in [6.07, 6.45) is 12.9. The van der Waals surface area contributed by atoms with Gasteiger partial charge in [-0.1, -0.05) is 56.3 Å². The molecule has 1 fully saturated rings. The van der Waals surface area contributed by atoms with E-state index in [0.29, 0.717) is 6.04 Å². The van der Waals surface area contributed by atoms with E-state index in [9.17, 15) is 0 Å². The first-order valence-electron chi connectivity index (χ1n) is 10.9. The van der Waals surface area contributed by atoms with Crippen LogP contribution in [-0.4, -0.2) is 44.3 Å². The number of benzene rings is 1. The van der Waals surface area contributed by atoms with Crippen LogP contribution in [0, 0.1) is 0 Å². The fourth-order valence-electron chi connectivity index (χ4n) is 4.36. The summed E-state index contributed by atoms with van der Waals surface area (Å²) in [4.78, 5) is 6.42. The lowest BCUT2D eigenvalue weighted by atomic mass is 9.88. The van der Waals surface area contributed by atoms with Crippen LogP contribution >= 0.6 is 0 Å². The Morgan fingerprint density at radius 2 is 2.03 bits per heavy atom. The molecule has 1 heterocycles. The Labute approximate surface area is 175 Å². The number of hydrogen-bond donors (Lipinski definition) is 2. The maximum atomic E-state index is 3.78. The SMILES string of the molecule is C=N/C=C\NCC1=CC2=C(C=CCC2)C(N2CCNCC2)c2ccccc21.CC. The minimum absolute atomic E-state index is 0.342. The van der Waals surface area contributed by atoms with Crippen LogP contribution in [0.4, 0.5) is 0 Å². The molecule has 1 aromatic rings. The summed E-state index contributed by atoms with van der Waals surface area (Å²) in [7, 11) is 0. The van der Waals surface area contributed by atoms with Crippen LogP contribution < -0.4 is 10.6 Å². The topological polar surface area (TPSA) is 39.7 Å². The third-order valence-electron chi connectivity index (χ3n) is 5.60. The van der Waals surface area contributed by atoms with Gasteiger partial charge in [0, 0.05) is 45.1 Å². The molecule has 2 aliphatic carbocycles. The standard InChI is InChI=1S/C23H28N4.C2H6/c1-24-10-11-26-17-19-16-18-6-2-3-8-21(18)23(27-14-12-25-13-15-27)22-9-5-4-7-20(19)22;1-2/h3-5,7-11,16,23,25-26H,1-2,6,12-15,17H2;1-2H3/b11-10-;. The van der Waals surface area contributed by atoms with Crippen LogP contribution in [-0.2, 0) is 0 Å². The van der Waals surface area contributed by atoms with Gasteiger partial charge in [0.1, 0.15) is 0 Å². The van der Waals surface area contributed by atoms with E-state index in [4.69, 9.17) is 0 Å². The molecule has 4 nitrogen and oxygen atoms in total. The van der Waals surface area contributed by atoms with Gasteiger partial charge in [0.15, 0.2) is 0 Å². The van der Waals surface area contributed by atoms with E-state index in [1.807, 2.05) is 20.0 Å². The van der Waals surface area contributed by atoms with E-state index in [1.165, 1.54) is 27.8 Å². The van der Waals surface area contributed by atoms with Gasteiger partial charge in [0.2, 0.25) is 0 Å². The monoisotopic (exact) mass is 390 g/mol. The molecule has 4 rings (SSSR count). The summed E-state index contributed by atoms with van der Waals surface area (Å²) in [6, 6.07) is 9.26. The summed E-state index contributed by atoms with van der Waals surface area (Å²) in [5, 5.41) is 6.86. The van der Waals surface area contributed by atoms with Gasteiger partial charge in [-0.25, -0.2) is 0 Å². The van der Waals surface area contributed by atoms with Crippen LogP contribution in [0.5, 0.6) is 0 Å². The fraction of sp³-hybridized carbons (Fsp3) is 0.400. The van der Waals surface area contributed by atoms with Gasteiger partial charge < -0.3 is 10.6 Å². The number of nitrogens with zero attached hydrogens (tertiary/aromatic N) is 2. The maximum absolute atomic E-state index is 3.78. The molecule has 1 unspecified atom stereocenters. The summed E-state index contributed by atoms with van der Waals surface area (Å²) in [6.45, 7) is 12.6. The second-order valence-corrected chi connectivity index (χ2v) is 7.25. The molecular weight excluding hydrogens is 356 g/mol. The molecule has 29 heavy (non-hydrogen) atoms. The Morgan fingerprint density at radius 1 is 1.24 bits per heavy atom. The number of aliphatic imine (C=N–C) groups is 1. The van der Waals surface area contributed by atoms with Crippen LogP contribution in [0.2, 0.25) is 0 Å². The first-order chi connectivity index (χ1) is 14.4. The van der Waals surface area contributed by atoms with E-state index in [0.717, 1.165) is 45.6 Å². The lowest BCUT2D eigenvalue weighted by molar-refractivity contribution is 0.197. The van der Waals surface area contributed by atoms with Gasteiger partial charge in [0.05, 0.1) is 6.04 Å². The molecular formula is C25H34N4. The zero-order valence-electron chi connectivity index (χ0n) is 17.8. The number of hydrogen-bond acceptors (Lipinski definition) is 4. The van der Waals surface area contributed by atoms with Crippen LogP contribution in [0.3, 0.4) is 0 Å². The zero-order valence-corrected chi connectivity index (χ0v) is 17.8. The molecule has 0 saturated carbocycles. The molecule has 154 valence electrons. The molecule has 0 aromatic heterocycles. The van der Waals surface area contributed by atoms with Crippen molar-refractivity contribution in [2.75, 3.05) is 32.7 Å².